The molecule has 0 fully saturated rings. The second-order valence-electron chi connectivity index (χ2n) is 3.91. The largest absolute Gasteiger partial charge is 0.481 e. The smallest absolute Gasteiger partial charge is 0.308 e. The summed E-state index contributed by atoms with van der Waals surface area (Å²) in [6.45, 7) is -0.0646. The number of aliphatic carboxylic acids is 1. The van der Waals surface area contributed by atoms with Gasteiger partial charge in [-0.3, -0.25) is 4.79 Å². The van der Waals surface area contributed by atoms with E-state index >= 15 is 0 Å². The summed E-state index contributed by atoms with van der Waals surface area (Å²) in [5.41, 5.74) is 0. The summed E-state index contributed by atoms with van der Waals surface area (Å²) in [4.78, 5) is 10.9. The van der Waals surface area contributed by atoms with Crippen LogP contribution in [0.4, 0.5) is 0 Å². The average molecular weight is 342 g/mol. The maximum atomic E-state index is 11.8. The van der Waals surface area contributed by atoms with E-state index in [2.05, 4.69) is 4.72 Å². The number of carboxylic acid groups (broad SMARTS) is 1. The summed E-state index contributed by atoms with van der Waals surface area (Å²) in [5, 5.41) is 13.4. The van der Waals surface area contributed by atoms with Crippen LogP contribution in [-0.4, -0.2) is 40.2 Å². The van der Waals surface area contributed by atoms with E-state index in [1.54, 1.807) is 0 Å². The van der Waals surface area contributed by atoms with E-state index in [0.717, 1.165) is 11.3 Å². The lowest BCUT2D eigenvalue weighted by Gasteiger charge is -2.03. The molecule has 1 heterocycles. The summed E-state index contributed by atoms with van der Waals surface area (Å²) in [6, 6.07) is 2.74. The van der Waals surface area contributed by atoms with Crippen molar-refractivity contribution in [3.63, 3.8) is 0 Å². The molecule has 114 valence electrons. The quantitative estimate of drug-likeness (QED) is 0.535. The molecule has 20 heavy (non-hydrogen) atoms. The highest BCUT2D eigenvalue weighted by atomic mass is 32.2. The first kappa shape index (κ1) is 17.0. The highest BCUT2D eigenvalue weighted by Crippen LogP contribution is 2.21. The molecule has 0 saturated carbocycles. The van der Waals surface area contributed by atoms with Crippen LogP contribution in [0.2, 0.25) is 0 Å². The monoisotopic (exact) mass is 342 g/mol. The zero-order valence-corrected chi connectivity index (χ0v) is 12.7. The molecule has 0 amide bonds. The molecule has 8 nitrogen and oxygen atoms in total. The minimum absolute atomic E-state index is 0.00986. The fourth-order valence-corrected chi connectivity index (χ4v) is 4.31. The number of thiophene rings is 1. The van der Waals surface area contributed by atoms with Crippen molar-refractivity contribution in [2.75, 3.05) is 12.3 Å². The molecule has 4 N–H and O–H groups in total. The van der Waals surface area contributed by atoms with Gasteiger partial charge in [-0.05, 0) is 18.6 Å². The number of primary sulfonamides is 1. The zero-order chi connectivity index (χ0) is 15.4. The maximum absolute atomic E-state index is 11.8. The molecule has 0 bridgehead atoms. The molecule has 11 heteroatoms. The Hall–Kier alpha value is -1.01. The van der Waals surface area contributed by atoms with E-state index in [0.29, 0.717) is 4.88 Å². The highest BCUT2D eigenvalue weighted by molar-refractivity contribution is 7.91. The van der Waals surface area contributed by atoms with E-state index in [-0.39, 0.29) is 29.3 Å². The number of nitrogens with one attached hydrogen (secondary N) is 1. The summed E-state index contributed by atoms with van der Waals surface area (Å²) < 4.78 is 47.2. The van der Waals surface area contributed by atoms with Crippen LogP contribution in [0.25, 0.3) is 0 Å². The van der Waals surface area contributed by atoms with Crippen LogP contribution in [-0.2, 0) is 31.3 Å². The van der Waals surface area contributed by atoms with Gasteiger partial charge >= 0.3 is 5.97 Å². The van der Waals surface area contributed by atoms with Gasteiger partial charge in [-0.2, -0.15) is 0 Å². The van der Waals surface area contributed by atoms with Crippen molar-refractivity contribution < 1.29 is 26.7 Å². The second-order valence-corrected chi connectivity index (χ2v) is 8.81. The van der Waals surface area contributed by atoms with E-state index in [4.69, 9.17) is 10.2 Å². The van der Waals surface area contributed by atoms with Gasteiger partial charge in [-0.1, -0.05) is 0 Å². The average Bonchev–Trinajstić information content (AvgIpc) is 2.71. The summed E-state index contributed by atoms with van der Waals surface area (Å²) in [6.07, 6.45) is -0.184. The van der Waals surface area contributed by atoms with Gasteiger partial charge in [0.1, 0.15) is 4.21 Å². The number of hydrogen-bond donors (Lipinski definition) is 3. The van der Waals surface area contributed by atoms with Gasteiger partial charge < -0.3 is 5.11 Å². The molecule has 1 aromatic rings. The van der Waals surface area contributed by atoms with Crippen molar-refractivity contribution >= 4 is 37.4 Å². The Morgan fingerprint density at radius 2 is 1.95 bits per heavy atom. The SMILES string of the molecule is NS(=O)(=O)CCCNS(=O)(=O)c1ccc(CC(=O)O)s1. The fourth-order valence-electron chi connectivity index (χ4n) is 1.30. The van der Waals surface area contributed by atoms with Gasteiger partial charge in [0.2, 0.25) is 20.0 Å². The number of hydrogen-bond acceptors (Lipinski definition) is 6. The van der Waals surface area contributed by atoms with E-state index < -0.39 is 26.0 Å². The van der Waals surface area contributed by atoms with Gasteiger partial charge in [-0.25, -0.2) is 26.7 Å². The maximum Gasteiger partial charge on any atom is 0.308 e. The summed E-state index contributed by atoms with van der Waals surface area (Å²) >= 11 is 0.857. The third-order valence-electron chi connectivity index (χ3n) is 2.13. The van der Waals surface area contributed by atoms with Crippen LogP contribution in [0.15, 0.2) is 16.3 Å². The molecular formula is C9H14N2O6S3. The predicted octanol–water partition coefficient (Wildman–Crippen LogP) is -0.668. The number of nitrogens with two attached hydrogens (primary N) is 1. The molecule has 0 radical (unpaired) electrons. The van der Waals surface area contributed by atoms with Crippen LogP contribution < -0.4 is 9.86 Å². The van der Waals surface area contributed by atoms with Crippen molar-refractivity contribution in [1.82, 2.24) is 4.72 Å². The lowest BCUT2D eigenvalue weighted by molar-refractivity contribution is -0.136. The van der Waals surface area contributed by atoms with Crippen molar-refractivity contribution in [2.24, 2.45) is 5.14 Å². The van der Waals surface area contributed by atoms with E-state index in [1.807, 2.05) is 0 Å². The van der Waals surface area contributed by atoms with Crippen molar-refractivity contribution in [3.8, 4) is 0 Å². The molecular weight excluding hydrogens is 328 g/mol. The van der Waals surface area contributed by atoms with Crippen LogP contribution in [0.5, 0.6) is 0 Å². The minimum atomic E-state index is -3.75. The first-order valence-electron chi connectivity index (χ1n) is 5.41. The normalized spacial score (nSPS) is 12.4. The molecule has 0 aliphatic carbocycles. The van der Waals surface area contributed by atoms with Gasteiger partial charge in [0.25, 0.3) is 0 Å². The fraction of sp³-hybridized carbons (Fsp3) is 0.444. The Morgan fingerprint density at radius 3 is 2.50 bits per heavy atom. The third kappa shape index (κ3) is 5.96. The first-order valence-corrected chi connectivity index (χ1v) is 9.42. The third-order valence-corrected chi connectivity index (χ3v) is 6.02. The number of sulfonamides is 2. The van der Waals surface area contributed by atoms with Crippen LogP contribution in [0.1, 0.15) is 11.3 Å². The molecule has 0 unspecified atom stereocenters. The standard InChI is InChI=1S/C9H14N2O6S3/c10-19(14,15)5-1-4-11-20(16,17)9-3-2-7(18-9)6-8(12)13/h2-3,11H,1,4-6H2,(H,12,13)(H2,10,14,15). The van der Waals surface area contributed by atoms with Crippen molar-refractivity contribution in [1.29, 1.82) is 0 Å². The number of rotatable bonds is 8. The highest BCUT2D eigenvalue weighted by Gasteiger charge is 2.17. The predicted molar refractivity (Wildman–Crippen MR) is 73.4 cm³/mol. The minimum Gasteiger partial charge on any atom is -0.481 e. The Bertz CT molecular complexity index is 676. The van der Waals surface area contributed by atoms with Gasteiger partial charge in [0, 0.05) is 11.4 Å². The number of carbonyl (C=O) groups is 1. The zero-order valence-electron chi connectivity index (χ0n) is 10.3. The Morgan fingerprint density at radius 1 is 1.30 bits per heavy atom. The molecule has 0 aliphatic rings. The first-order chi connectivity index (χ1) is 9.10. The van der Waals surface area contributed by atoms with E-state index in [1.165, 1.54) is 12.1 Å². The Labute approximate surface area is 120 Å². The molecule has 0 spiro atoms. The van der Waals surface area contributed by atoms with Gasteiger partial charge in [0.05, 0.1) is 12.2 Å². The lowest BCUT2D eigenvalue weighted by Crippen LogP contribution is -2.27. The van der Waals surface area contributed by atoms with Crippen molar-refractivity contribution in [2.45, 2.75) is 17.1 Å². The van der Waals surface area contributed by atoms with Gasteiger partial charge in [0.15, 0.2) is 0 Å². The molecule has 0 saturated heterocycles. The second kappa shape index (κ2) is 6.63. The van der Waals surface area contributed by atoms with Crippen molar-refractivity contribution in [3.05, 3.63) is 17.0 Å². The summed E-state index contributed by atoms with van der Waals surface area (Å²) in [7, 11) is -7.37. The molecule has 1 aromatic heterocycles. The van der Waals surface area contributed by atoms with E-state index in [9.17, 15) is 21.6 Å². The molecule has 0 aliphatic heterocycles. The van der Waals surface area contributed by atoms with Crippen LogP contribution >= 0.6 is 11.3 Å². The number of carboxylic acids is 1. The molecule has 0 aromatic carbocycles. The van der Waals surface area contributed by atoms with Crippen LogP contribution in [0, 0.1) is 0 Å². The topological polar surface area (TPSA) is 144 Å². The van der Waals surface area contributed by atoms with Gasteiger partial charge in [-0.15, -0.1) is 11.3 Å². The van der Waals surface area contributed by atoms with Crippen LogP contribution in [0.3, 0.4) is 0 Å². The Kier molecular flexibility index (Phi) is 5.65. The Balaban J connectivity index is 2.60. The molecule has 1 rings (SSSR count). The summed E-state index contributed by atoms with van der Waals surface area (Å²) in [5.74, 6) is -1.36. The molecule has 0 atom stereocenters. The lowest BCUT2D eigenvalue weighted by atomic mass is 10.3.